The summed E-state index contributed by atoms with van der Waals surface area (Å²) in [5.41, 5.74) is 9.17. The van der Waals surface area contributed by atoms with Crippen LogP contribution < -0.4 is 11.1 Å². The van der Waals surface area contributed by atoms with Gasteiger partial charge in [0.2, 0.25) is 0 Å². The third kappa shape index (κ3) is 3.35. The third-order valence-electron chi connectivity index (χ3n) is 3.06. The van der Waals surface area contributed by atoms with E-state index in [1.54, 1.807) is 24.3 Å². The van der Waals surface area contributed by atoms with Gasteiger partial charge in [-0.05, 0) is 43.7 Å². The lowest BCUT2D eigenvalue weighted by molar-refractivity contribution is 0.0940. The molecule has 0 spiro atoms. The van der Waals surface area contributed by atoms with E-state index in [2.05, 4.69) is 11.4 Å². The minimum atomic E-state index is -0.0889. The summed E-state index contributed by atoms with van der Waals surface area (Å²) in [6.45, 7) is 4.02. The monoisotopic (exact) mass is 254 g/mol. The summed E-state index contributed by atoms with van der Waals surface area (Å²) in [6, 6.07) is 15.0. The van der Waals surface area contributed by atoms with E-state index in [4.69, 9.17) is 5.73 Å². The van der Waals surface area contributed by atoms with Gasteiger partial charge in [0.25, 0.3) is 5.91 Å². The Morgan fingerprint density at radius 2 is 1.84 bits per heavy atom. The summed E-state index contributed by atoms with van der Waals surface area (Å²) in [5.74, 6) is -0.0889. The topological polar surface area (TPSA) is 55.1 Å². The van der Waals surface area contributed by atoms with Crippen LogP contribution in [0, 0.1) is 6.92 Å². The minimum Gasteiger partial charge on any atom is -0.399 e. The van der Waals surface area contributed by atoms with Gasteiger partial charge in [0, 0.05) is 11.3 Å². The second-order valence-electron chi connectivity index (χ2n) is 4.73. The number of anilines is 1. The second kappa shape index (κ2) is 5.57. The summed E-state index contributed by atoms with van der Waals surface area (Å²) in [6.07, 6.45) is 0. The van der Waals surface area contributed by atoms with Crippen LogP contribution in [0.5, 0.6) is 0 Å². The Morgan fingerprint density at radius 3 is 2.47 bits per heavy atom. The van der Waals surface area contributed by atoms with Crippen LogP contribution in [0.25, 0.3) is 0 Å². The molecule has 2 aromatic rings. The number of nitrogen functional groups attached to an aromatic ring is 1. The van der Waals surface area contributed by atoms with Crippen molar-refractivity contribution < 1.29 is 4.79 Å². The Labute approximate surface area is 113 Å². The molecular weight excluding hydrogens is 236 g/mol. The largest absolute Gasteiger partial charge is 0.399 e. The molecule has 0 heterocycles. The molecule has 0 aliphatic heterocycles. The number of hydrogen-bond acceptors (Lipinski definition) is 2. The highest BCUT2D eigenvalue weighted by Crippen LogP contribution is 2.15. The molecule has 3 N–H and O–H groups in total. The van der Waals surface area contributed by atoms with Gasteiger partial charge in [-0.2, -0.15) is 0 Å². The standard InChI is InChI=1S/C16H18N2O/c1-11-4-3-5-14(10-11)12(2)18-16(19)13-6-8-15(17)9-7-13/h3-10,12H,17H2,1-2H3,(H,18,19)/t12-/m1/s1. The van der Waals surface area contributed by atoms with E-state index in [1.807, 2.05) is 32.0 Å². The number of amides is 1. The minimum absolute atomic E-state index is 0.0232. The van der Waals surface area contributed by atoms with Gasteiger partial charge in [-0.15, -0.1) is 0 Å². The maximum absolute atomic E-state index is 12.1. The van der Waals surface area contributed by atoms with Gasteiger partial charge in [0.1, 0.15) is 0 Å². The summed E-state index contributed by atoms with van der Waals surface area (Å²) >= 11 is 0. The fraction of sp³-hybridized carbons (Fsp3) is 0.188. The van der Waals surface area contributed by atoms with E-state index in [9.17, 15) is 4.79 Å². The van der Waals surface area contributed by atoms with Crippen LogP contribution >= 0.6 is 0 Å². The molecular formula is C16H18N2O. The van der Waals surface area contributed by atoms with Crippen molar-refractivity contribution in [1.82, 2.24) is 5.32 Å². The quantitative estimate of drug-likeness (QED) is 0.827. The zero-order valence-electron chi connectivity index (χ0n) is 11.2. The van der Waals surface area contributed by atoms with E-state index in [0.29, 0.717) is 11.3 Å². The molecule has 0 saturated carbocycles. The fourth-order valence-corrected chi connectivity index (χ4v) is 1.94. The zero-order valence-corrected chi connectivity index (χ0v) is 11.2. The van der Waals surface area contributed by atoms with Crippen LogP contribution in [-0.4, -0.2) is 5.91 Å². The highest BCUT2D eigenvalue weighted by Gasteiger charge is 2.11. The first-order chi connectivity index (χ1) is 9.06. The molecule has 1 atom stereocenters. The van der Waals surface area contributed by atoms with E-state index >= 15 is 0 Å². The van der Waals surface area contributed by atoms with Crippen LogP contribution in [-0.2, 0) is 0 Å². The summed E-state index contributed by atoms with van der Waals surface area (Å²) in [7, 11) is 0. The molecule has 0 radical (unpaired) electrons. The molecule has 0 bridgehead atoms. The van der Waals surface area contributed by atoms with Crippen LogP contribution in [0.3, 0.4) is 0 Å². The van der Waals surface area contributed by atoms with Crippen molar-refractivity contribution in [3.8, 4) is 0 Å². The summed E-state index contributed by atoms with van der Waals surface area (Å²) in [5, 5.41) is 2.98. The highest BCUT2D eigenvalue weighted by molar-refractivity contribution is 5.94. The van der Waals surface area contributed by atoms with Crippen molar-refractivity contribution in [3.63, 3.8) is 0 Å². The van der Waals surface area contributed by atoms with Crippen molar-refractivity contribution >= 4 is 11.6 Å². The average Bonchev–Trinajstić information content (AvgIpc) is 2.39. The smallest absolute Gasteiger partial charge is 0.251 e. The SMILES string of the molecule is Cc1cccc([C@@H](C)NC(=O)c2ccc(N)cc2)c1. The van der Waals surface area contributed by atoms with Crippen molar-refractivity contribution in [2.24, 2.45) is 0 Å². The van der Waals surface area contributed by atoms with Crippen molar-refractivity contribution in [2.45, 2.75) is 19.9 Å². The molecule has 3 nitrogen and oxygen atoms in total. The van der Waals surface area contributed by atoms with Crippen LogP contribution in [0.15, 0.2) is 48.5 Å². The molecule has 2 aromatic carbocycles. The lowest BCUT2D eigenvalue weighted by Gasteiger charge is -2.15. The molecule has 3 heteroatoms. The molecule has 1 amide bonds. The van der Waals surface area contributed by atoms with Gasteiger partial charge in [0.15, 0.2) is 0 Å². The number of rotatable bonds is 3. The number of nitrogens with one attached hydrogen (secondary N) is 1. The van der Waals surface area contributed by atoms with Gasteiger partial charge in [0.05, 0.1) is 6.04 Å². The van der Waals surface area contributed by atoms with E-state index in [1.165, 1.54) is 5.56 Å². The molecule has 0 aliphatic carbocycles. The molecule has 2 rings (SSSR count). The maximum atomic E-state index is 12.1. The highest BCUT2D eigenvalue weighted by atomic mass is 16.1. The molecule has 0 aliphatic rings. The van der Waals surface area contributed by atoms with Crippen molar-refractivity contribution in [2.75, 3.05) is 5.73 Å². The average molecular weight is 254 g/mol. The molecule has 98 valence electrons. The van der Waals surface area contributed by atoms with E-state index in [0.717, 1.165) is 5.56 Å². The number of carbonyl (C=O) groups excluding carboxylic acids is 1. The number of carbonyl (C=O) groups is 1. The first kappa shape index (κ1) is 13.1. The third-order valence-corrected chi connectivity index (χ3v) is 3.06. The van der Waals surface area contributed by atoms with Crippen LogP contribution in [0.1, 0.15) is 34.5 Å². The van der Waals surface area contributed by atoms with E-state index in [-0.39, 0.29) is 11.9 Å². The zero-order chi connectivity index (χ0) is 13.8. The van der Waals surface area contributed by atoms with Gasteiger partial charge in [-0.25, -0.2) is 0 Å². The lowest BCUT2D eigenvalue weighted by Crippen LogP contribution is -2.26. The number of aryl methyl sites for hydroxylation is 1. The Hall–Kier alpha value is -2.29. The van der Waals surface area contributed by atoms with Gasteiger partial charge in [-0.1, -0.05) is 29.8 Å². The molecule has 0 fully saturated rings. The lowest BCUT2D eigenvalue weighted by atomic mass is 10.1. The van der Waals surface area contributed by atoms with Crippen LogP contribution in [0.2, 0.25) is 0 Å². The van der Waals surface area contributed by atoms with E-state index < -0.39 is 0 Å². The first-order valence-electron chi connectivity index (χ1n) is 6.29. The number of benzene rings is 2. The van der Waals surface area contributed by atoms with Gasteiger partial charge in [-0.3, -0.25) is 4.79 Å². The molecule has 0 unspecified atom stereocenters. The van der Waals surface area contributed by atoms with Gasteiger partial charge < -0.3 is 11.1 Å². The molecule has 0 aromatic heterocycles. The Balaban J connectivity index is 2.08. The first-order valence-corrected chi connectivity index (χ1v) is 6.29. The van der Waals surface area contributed by atoms with Crippen molar-refractivity contribution in [3.05, 3.63) is 65.2 Å². The number of hydrogen-bond donors (Lipinski definition) is 2. The van der Waals surface area contributed by atoms with Crippen LogP contribution in [0.4, 0.5) is 5.69 Å². The summed E-state index contributed by atoms with van der Waals surface area (Å²) in [4.78, 5) is 12.1. The predicted molar refractivity (Wildman–Crippen MR) is 77.9 cm³/mol. The molecule has 19 heavy (non-hydrogen) atoms. The van der Waals surface area contributed by atoms with Crippen molar-refractivity contribution in [1.29, 1.82) is 0 Å². The normalized spacial score (nSPS) is 11.9. The summed E-state index contributed by atoms with van der Waals surface area (Å²) < 4.78 is 0. The Kier molecular flexibility index (Phi) is 3.85. The second-order valence-corrected chi connectivity index (χ2v) is 4.73. The Bertz CT molecular complexity index is 576. The molecule has 0 saturated heterocycles. The number of nitrogens with two attached hydrogens (primary N) is 1. The van der Waals surface area contributed by atoms with Gasteiger partial charge >= 0.3 is 0 Å². The predicted octanol–water partition coefficient (Wildman–Crippen LogP) is 3.07. The fourth-order valence-electron chi connectivity index (χ4n) is 1.94. The Morgan fingerprint density at radius 1 is 1.16 bits per heavy atom. The maximum Gasteiger partial charge on any atom is 0.251 e.